The summed E-state index contributed by atoms with van der Waals surface area (Å²) in [5.41, 5.74) is 4.85. The molecule has 5 nitrogen and oxygen atoms in total. The Balaban J connectivity index is 3.38. The number of amides is 2. The van der Waals surface area contributed by atoms with Crippen LogP contribution in [0.5, 0.6) is 0 Å². The van der Waals surface area contributed by atoms with Gasteiger partial charge in [-0.15, -0.1) is 0 Å². The van der Waals surface area contributed by atoms with Gasteiger partial charge >= 0.3 is 6.09 Å². The monoisotopic (exact) mass is 174 g/mol. The molecule has 0 fully saturated rings. The van der Waals surface area contributed by atoms with Gasteiger partial charge in [0.15, 0.2) is 0 Å². The van der Waals surface area contributed by atoms with Crippen molar-refractivity contribution in [2.75, 3.05) is 6.54 Å². The molecule has 0 saturated heterocycles. The van der Waals surface area contributed by atoms with Gasteiger partial charge in [0.2, 0.25) is 5.91 Å². The van der Waals surface area contributed by atoms with Crippen molar-refractivity contribution in [3.8, 4) is 0 Å². The highest BCUT2D eigenvalue weighted by Crippen LogP contribution is 1.87. The van der Waals surface area contributed by atoms with E-state index in [1.165, 1.54) is 0 Å². The van der Waals surface area contributed by atoms with Crippen LogP contribution in [0.3, 0.4) is 0 Å². The van der Waals surface area contributed by atoms with Gasteiger partial charge in [0, 0.05) is 13.0 Å². The summed E-state index contributed by atoms with van der Waals surface area (Å²) in [6.07, 6.45) is -0.544. The zero-order chi connectivity index (χ0) is 9.56. The summed E-state index contributed by atoms with van der Waals surface area (Å²) in [4.78, 5) is 21.0. The molecule has 0 aromatic rings. The first-order valence-corrected chi connectivity index (χ1v) is 3.75. The molecule has 5 heteroatoms. The van der Waals surface area contributed by atoms with Crippen LogP contribution in [0.4, 0.5) is 4.79 Å². The third-order valence-electron chi connectivity index (χ3n) is 0.983. The zero-order valence-electron chi connectivity index (χ0n) is 7.29. The van der Waals surface area contributed by atoms with Crippen LogP contribution in [0.25, 0.3) is 0 Å². The summed E-state index contributed by atoms with van der Waals surface area (Å²) in [5, 5.41) is 2.38. The van der Waals surface area contributed by atoms with Gasteiger partial charge in [0.05, 0.1) is 6.10 Å². The summed E-state index contributed by atoms with van der Waals surface area (Å²) in [6.45, 7) is 3.71. The summed E-state index contributed by atoms with van der Waals surface area (Å²) in [6, 6.07) is 0. The topological polar surface area (TPSA) is 81.4 Å². The van der Waals surface area contributed by atoms with E-state index in [-0.39, 0.29) is 19.1 Å². The van der Waals surface area contributed by atoms with Gasteiger partial charge in [-0.25, -0.2) is 4.79 Å². The Labute approximate surface area is 71.3 Å². The van der Waals surface area contributed by atoms with Crippen LogP contribution in [0.15, 0.2) is 0 Å². The van der Waals surface area contributed by atoms with Crippen LogP contribution in [0.2, 0.25) is 0 Å². The maximum atomic E-state index is 10.7. The zero-order valence-corrected chi connectivity index (χ0v) is 7.29. The maximum Gasteiger partial charge on any atom is 0.407 e. The molecule has 12 heavy (non-hydrogen) atoms. The lowest BCUT2D eigenvalue weighted by molar-refractivity contribution is -0.117. The molecular formula is C7H14N2O3. The van der Waals surface area contributed by atoms with Gasteiger partial charge in [-0.3, -0.25) is 4.79 Å². The van der Waals surface area contributed by atoms with Crippen molar-refractivity contribution in [1.82, 2.24) is 5.32 Å². The second-order valence-electron chi connectivity index (χ2n) is 2.60. The quantitative estimate of drug-likeness (QED) is 0.629. The van der Waals surface area contributed by atoms with E-state index in [0.717, 1.165) is 0 Å². The number of rotatable bonds is 4. The predicted molar refractivity (Wildman–Crippen MR) is 43.4 cm³/mol. The van der Waals surface area contributed by atoms with Gasteiger partial charge in [0.25, 0.3) is 0 Å². The van der Waals surface area contributed by atoms with Crippen molar-refractivity contribution >= 4 is 12.0 Å². The minimum Gasteiger partial charge on any atom is -0.447 e. The molecule has 0 aliphatic rings. The van der Waals surface area contributed by atoms with Gasteiger partial charge in [-0.05, 0) is 13.8 Å². The number of alkyl carbamates (subject to hydrolysis) is 1. The average molecular weight is 174 g/mol. The van der Waals surface area contributed by atoms with Gasteiger partial charge in [0.1, 0.15) is 0 Å². The average Bonchev–Trinajstić information content (AvgIpc) is 1.84. The number of nitrogens with two attached hydrogens (primary N) is 1. The van der Waals surface area contributed by atoms with E-state index in [2.05, 4.69) is 5.32 Å². The Morgan fingerprint density at radius 2 is 2.08 bits per heavy atom. The first kappa shape index (κ1) is 10.7. The summed E-state index contributed by atoms with van der Waals surface area (Å²) < 4.78 is 4.73. The third kappa shape index (κ3) is 6.85. The molecule has 0 radical (unpaired) electrons. The Morgan fingerprint density at radius 1 is 1.50 bits per heavy atom. The maximum absolute atomic E-state index is 10.7. The number of ether oxygens (including phenoxy) is 1. The number of carbonyl (C=O) groups is 2. The third-order valence-corrected chi connectivity index (χ3v) is 0.983. The molecule has 70 valence electrons. The fraction of sp³-hybridized carbons (Fsp3) is 0.714. The van der Waals surface area contributed by atoms with Crippen molar-refractivity contribution in [3.05, 3.63) is 0 Å². The highest BCUT2D eigenvalue weighted by molar-refractivity contribution is 5.75. The lowest BCUT2D eigenvalue weighted by atomic mass is 10.4. The van der Waals surface area contributed by atoms with Crippen LogP contribution < -0.4 is 11.1 Å². The SMILES string of the molecule is CC(C)OC(=O)NCCC(N)=O. The molecule has 0 aromatic carbocycles. The normalized spacial score (nSPS) is 9.58. The van der Waals surface area contributed by atoms with Crippen LogP contribution in [-0.2, 0) is 9.53 Å². The lowest BCUT2D eigenvalue weighted by Gasteiger charge is -2.08. The Morgan fingerprint density at radius 3 is 2.50 bits per heavy atom. The van der Waals surface area contributed by atoms with Crippen molar-refractivity contribution in [3.63, 3.8) is 0 Å². The van der Waals surface area contributed by atoms with E-state index in [1.54, 1.807) is 13.8 Å². The Hall–Kier alpha value is -1.26. The summed E-state index contributed by atoms with van der Waals surface area (Å²) in [7, 11) is 0. The van der Waals surface area contributed by atoms with Gasteiger partial charge in [-0.2, -0.15) is 0 Å². The molecule has 3 N–H and O–H groups in total. The van der Waals surface area contributed by atoms with Crippen LogP contribution >= 0.6 is 0 Å². The standard InChI is InChI=1S/C7H14N2O3/c1-5(2)12-7(11)9-4-3-6(8)10/h5H,3-4H2,1-2H3,(H2,8,10)(H,9,11). The second kappa shape index (κ2) is 5.40. The molecule has 0 saturated carbocycles. The van der Waals surface area contributed by atoms with E-state index in [0.29, 0.717) is 0 Å². The molecule has 0 bridgehead atoms. The molecule has 0 aliphatic heterocycles. The lowest BCUT2D eigenvalue weighted by Crippen LogP contribution is -2.30. The largest absolute Gasteiger partial charge is 0.447 e. The number of hydrogen-bond donors (Lipinski definition) is 2. The Bertz CT molecular complexity index is 168. The summed E-state index contributed by atoms with van der Waals surface area (Å²) in [5.74, 6) is -0.445. The minimum absolute atomic E-state index is 0.132. The smallest absolute Gasteiger partial charge is 0.407 e. The highest BCUT2D eigenvalue weighted by atomic mass is 16.6. The molecule has 0 aliphatic carbocycles. The van der Waals surface area contributed by atoms with E-state index in [9.17, 15) is 9.59 Å². The van der Waals surface area contributed by atoms with E-state index in [1.807, 2.05) is 0 Å². The first-order chi connectivity index (χ1) is 5.52. The molecule has 0 rings (SSSR count). The summed E-state index contributed by atoms with van der Waals surface area (Å²) >= 11 is 0. The fourth-order valence-electron chi connectivity index (χ4n) is 0.544. The number of primary amides is 1. The minimum atomic E-state index is -0.522. The molecular weight excluding hydrogens is 160 g/mol. The molecule has 0 heterocycles. The van der Waals surface area contributed by atoms with Gasteiger partial charge in [-0.1, -0.05) is 0 Å². The molecule has 2 amide bonds. The molecule has 0 atom stereocenters. The van der Waals surface area contributed by atoms with E-state index >= 15 is 0 Å². The predicted octanol–water partition coefficient (Wildman–Crippen LogP) is -0.00360. The van der Waals surface area contributed by atoms with Crippen molar-refractivity contribution in [1.29, 1.82) is 0 Å². The number of nitrogens with one attached hydrogen (secondary N) is 1. The first-order valence-electron chi connectivity index (χ1n) is 3.75. The second-order valence-corrected chi connectivity index (χ2v) is 2.60. The van der Waals surface area contributed by atoms with Crippen molar-refractivity contribution in [2.45, 2.75) is 26.4 Å². The highest BCUT2D eigenvalue weighted by Gasteiger charge is 2.03. The fourth-order valence-corrected chi connectivity index (χ4v) is 0.544. The molecule has 0 spiro atoms. The van der Waals surface area contributed by atoms with Crippen molar-refractivity contribution in [2.24, 2.45) is 5.73 Å². The molecule has 0 unspecified atom stereocenters. The van der Waals surface area contributed by atoms with Gasteiger partial charge < -0.3 is 15.8 Å². The number of carbonyl (C=O) groups excluding carboxylic acids is 2. The number of hydrogen-bond acceptors (Lipinski definition) is 3. The van der Waals surface area contributed by atoms with Crippen molar-refractivity contribution < 1.29 is 14.3 Å². The molecule has 0 aromatic heterocycles. The van der Waals surface area contributed by atoms with Crippen LogP contribution in [0, 0.1) is 0 Å². The van der Waals surface area contributed by atoms with Crippen LogP contribution in [-0.4, -0.2) is 24.6 Å². The van der Waals surface area contributed by atoms with Crippen LogP contribution in [0.1, 0.15) is 20.3 Å². The van der Waals surface area contributed by atoms with E-state index < -0.39 is 12.0 Å². The van der Waals surface area contributed by atoms with E-state index in [4.69, 9.17) is 10.5 Å². The Kier molecular flexibility index (Phi) is 4.83.